The maximum Gasteiger partial charge on any atom is 0.226 e. The van der Waals surface area contributed by atoms with E-state index < -0.39 is 0 Å². The minimum Gasteiger partial charge on any atom is -0.497 e. The van der Waals surface area contributed by atoms with Crippen molar-refractivity contribution in [2.24, 2.45) is 0 Å². The van der Waals surface area contributed by atoms with Crippen LogP contribution in [-0.2, 0) is 11.3 Å². The Labute approximate surface area is 179 Å². The predicted octanol–water partition coefficient (Wildman–Crippen LogP) is 4.12. The van der Waals surface area contributed by atoms with Crippen LogP contribution in [0.15, 0.2) is 42.5 Å². The molecule has 162 valence electrons. The third kappa shape index (κ3) is 5.25. The number of hydrogen-bond donors (Lipinski definition) is 0. The van der Waals surface area contributed by atoms with Gasteiger partial charge in [0.05, 0.1) is 21.3 Å². The summed E-state index contributed by atoms with van der Waals surface area (Å²) in [5.41, 5.74) is 2.08. The maximum absolute atomic E-state index is 12.8. The second-order valence-electron chi connectivity index (χ2n) is 7.55. The highest BCUT2D eigenvalue weighted by molar-refractivity contribution is 5.94. The normalized spacial score (nSPS) is 14.9. The monoisotopic (exact) mass is 412 g/mol. The molecule has 1 saturated heterocycles. The molecule has 0 atom stereocenters. The molecule has 0 spiro atoms. The largest absolute Gasteiger partial charge is 0.497 e. The van der Waals surface area contributed by atoms with Crippen LogP contribution >= 0.6 is 0 Å². The maximum atomic E-state index is 12.8. The second kappa shape index (κ2) is 10.3. The molecule has 0 aromatic heterocycles. The number of hydrogen-bond acceptors (Lipinski definition) is 5. The number of piperidine rings is 1. The quantitative estimate of drug-likeness (QED) is 0.653. The van der Waals surface area contributed by atoms with Crippen LogP contribution in [0, 0.1) is 0 Å². The predicted molar refractivity (Wildman–Crippen MR) is 119 cm³/mol. The van der Waals surface area contributed by atoms with Gasteiger partial charge < -0.3 is 19.1 Å². The van der Waals surface area contributed by atoms with Gasteiger partial charge in [-0.25, -0.2) is 0 Å². The first-order chi connectivity index (χ1) is 14.6. The first kappa shape index (κ1) is 22.0. The molecule has 1 heterocycles. The molecule has 1 aliphatic rings. The van der Waals surface area contributed by atoms with Gasteiger partial charge in [0, 0.05) is 49.9 Å². The van der Waals surface area contributed by atoms with Gasteiger partial charge in [-0.3, -0.25) is 9.69 Å². The summed E-state index contributed by atoms with van der Waals surface area (Å²) in [7, 11) is 4.99. The van der Waals surface area contributed by atoms with Gasteiger partial charge in [0.1, 0.15) is 17.2 Å². The molecule has 2 aromatic rings. The van der Waals surface area contributed by atoms with Crippen molar-refractivity contribution in [1.82, 2.24) is 4.90 Å². The number of ether oxygens (including phenoxy) is 3. The summed E-state index contributed by atoms with van der Waals surface area (Å²) in [6.07, 6.45) is 2.36. The molecule has 1 fully saturated rings. The zero-order valence-corrected chi connectivity index (χ0v) is 18.4. The van der Waals surface area contributed by atoms with Crippen molar-refractivity contribution in [1.29, 1.82) is 0 Å². The fraction of sp³-hybridized carbons (Fsp3) is 0.458. The van der Waals surface area contributed by atoms with Crippen molar-refractivity contribution < 1.29 is 19.0 Å². The third-order valence-corrected chi connectivity index (χ3v) is 5.64. The molecule has 0 N–H and O–H groups in total. The van der Waals surface area contributed by atoms with Gasteiger partial charge in [0.2, 0.25) is 5.91 Å². The molecule has 0 aliphatic carbocycles. The number of nitrogens with zero attached hydrogens (tertiary/aromatic N) is 2. The van der Waals surface area contributed by atoms with E-state index in [2.05, 4.69) is 17.0 Å². The highest BCUT2D eigenvalue weighted by Crippen LogP contribution is 2.29. The Bertz CT molecular complexity index is 825. The van der Waals surface area contributed by atoms with Gasteiger partial charge in [0.25, 0.3) is 0 Å². The van der Waals surface area contributed by atoms with E-state index in [1.807, 2.05) is 42.2 Å². The Morgan fingerprint density at radius 1 is 0.967 bits per heavy atom. The SMILES string of the molecule is CCC(=O)N(c1cccc(OC)c1)C1CCN(Cc2cc(OC)cc(OC)c2)CC1. The second-order valence-corrected chi connectivity index (χ2v) is 7.55. The number of likely N-dealkylation sites (tertiary alicyclic amines) is 1. The van der Waals surface area contributed by atoms with Crippen LogP contribution in [0.4, 0.5) is 5.69 Å². The molecule has 1 aliphatic heterocycles. The topological polar surface area (TPSA) is 51.2 Å². The molecule has 6 heteroatoms. The van der Waals surface area contributed by atoms with E-state index in [-0.39, 0.29) is 11.9 Å². The summed E-state index contributed by atoms with van der Waals surface area (Å²) in [5, 5.41) is 0. The summed E-state index contributed by atoms with van der Waals surface area (Å²) in [5.74, 6) is 2.53. The molecule has 0 saturated carbocycles. The number of anilines is 1. The third-order valence-electron chi connectivity index (χ3n) is 5.64. The molecule has 0 radical (unpaired) electrons. The molecule has 0 unspecified atom stereocenters. The first-order valence-electron chi connectivity index (χ1n) is 10.5. The van der Waals surface area contributed by atoms with E-state index in [4.69, 9.17) is 14.2 Å². The fourth-order valence-corrected chi connectivity index (χ4v) is 4.04. The van der Waals surface area contributed by atoms with E-state index in [0.29, 0.717) is 6.42 Å². The van der Waals surface area contributed by atoms with Crippen LogP contribution in [0.2, 0.25) is 0 Å². The Balaban J connectivity index is 1.69. The minimum atomic E-state index is 0.152. The molecule has 3 rings (SSSR count). The lowest BCUT2D eigenvalue weighted by Gasteiger charge is -2.38. The van der Waals surface area contributed by atoms with Crippen LogP contribution in [0.5, 0.6) is 17.2 Å². The van der Waals surface area contributed by atoms with E-state index in [1.54, 1.807) is 21.3 Å². The van der Waals surface area contributed by atoms with Gasteiger partial charge in [-0.2, -0.15) is 0 Å². The fourth-order valence-electron chi connectivity index (χ4n) is 4.04. The average Bonchev–Trinajstić information content (AvgIpc) is 2.80. The Morgan fingerprint density at radius 2 is 1.60 bits per heavy atom. The molecule has 0 bridgehead atoms. The van der Waals surface area contributed by atoms with Gasteiger partial charge >= 0.3 is 0 Å². The van der Waals surface area contributed by atoms with Gasteiger partial charge in [-0.15, -0.1) is 0 Å². The zero-order chi connectivity index (χ0) is 21.5. The summed E-state index contributed by atoms with van der Waals surface area (Å²) < 4.78 is 16.1. The summed E-state index contributed by atoms with van der Waals surface area (Å²) in [6.45, 7) is 4.62. The number of benzene rings is 2. The smallest absolute Gasteiger partial charge is 0.226 e. The molecule has 1 amide bonds. The lowest BCUT2D eigenvalue weighted by atomic mass is 10.0. The standard InChI is InChI=1S/C24H32N2O4/c1-5-24(27)26(20-7-6-8-21(15-20)28-2)19-9-11-25(12-10-19)17-18-13-22(29-3)16-23(14-18)30-4/h6-8,13-16,19H,5,9-12,17H2,1-4H3. The number of carbonyl (C=O) groups excluding carboxylic acids is 1. The van der Waals surface area contributed by atoms with Crippen LogP contribution in [0.1, 0.15) is 31.7 Å². The Kier molecular flexibility index (Phi) is 7.57. The van der Waals surface area contributed by atoms with E-state index in [9.17, 15) is 4.79 Å². The lowest BCUT2D eigenvalue weighted by Crippen LogP contribution is -2.47. The highest BCUT2D eigenvalue weighted by atomic mass is 16.5. The molecule has 2 aromatic carbocycles. The number of amides is 1. The Morgan fingerprint density at radius 3 is 2.17 bits per heavy atom. The number of rotatable bonds is 8. The first-order valence-corrected chi connectivity index (χ1v) is 10.5. The van der Waals surface area contributed by atoms with E-state index in [0.717, 1.165) is 55.4 Å². The van der Waals surface area contributed by atoms with Gasteiger partial charge in [-0.1, -0.05) is 13.0 Å². The Hall–Kier alpha value is -2.73. The van der Waals surface area contributed by atoms with Crippen LogP contribution in [0.3, 0.4) is 0 Å². The molecule has 30 heavy (non-hydrogen) atoms. The van der Waals surface area contributed by atoms with Crippen molar-refractivity contribution in [3.05, 3.63) is 48.0 Å². The van der Waals surface area contributed by atoms with Gasteiger partial charge in [0.15, 0.2) is 0 Å². The summed E-state index contributed by atoms with van der Waals surface area (Å²) in [4.78, 5) is 17.2. The molecular formula is C24H32N2O4. The van der Waals surface area contributed by atoms with Crippen LogP contribution in [-0.4, -0.2) is 51.3 Å². The van der Waals surface area contributed by atoms with Crippen molar-refractivity contribution in [3.8, 4) is 17.2 Å². The number of methoxy groups -OCH3 is 3. The van der Waals surface area contributed by atoms with Gasteiger partial charge in [-0.05, 0) is 42.7 Å². The van der Waals surface area contributed by atoms with E-state index >= 15 is 0 Å². The van der Waals surface area contributed by atoms with Crippen molar-refractivity contribution in [3.63, 3.8) is 0 Å². The highest BCUT2D eigenvalue weighted by Gasteiger charge is 2.28. The van der Waals surface area contributed by atoms with Crippen molar-refractivity contribution in [2.45, 2.75) is 38.8 Å². The van der Waals surface area contributed by atoms with Crippen molar-refractivity contribution in [2.75, 3.05) is 39.3 Å². The molecule has 6 nitrogen and oxygen atoms in total. The lowest BCUT2D eigenvalue weighted by molar-refractivity contribution is -0.119. The minimum absolute atomic E-state index is 0.152. The van der Waals surface area contributed by atoms with E-state index in [1.165, 1.54) is 5.56 Å². The summed E-state index contributed by atoms with van der Waals surface area (Å²) in [6, 6.07) is 14.0. The van der Waals surface area contributed by atoms with Crippen LogP contribution < -0.4 is 19.1 Å². The van der Waals surface area contributed by atoms with Crippen molar-refractivity contribution >= 4 is 11.6 Å². The number of carbonyl (C=O) groups is 1. The van der Waals surface area contributed by atoms with Crippen LogP contribution in [0.25, 0.3) is 0 Å². The molecular weight excluding hydrogens is 380 g/mol. The average molecular weight is 413 g/mol. The summed E-state index contributed by atoms with van der Waals surface area (Å²) >= 11 is 0. The zero-order valence-electron chi connectivity index (χ0n) is 18.4.